The van der Waals surface area contributed by atoms with Crippen molar-refractivity contribution in [2.24, 2.45) is 0 Å². The van der Waals surface area contributed by atoms with Crippen molar-refractivity contribution in [2.75, 3.05) is 6.67 Å². The van der Waals surface area contributed by atoms with Crippen molar-refractivity contribution in [1.82, 2.24) is 15.0 Å². The number of rotatable bonds is 2. The third-order valence-electron chi connectivity index (χ3n) is 0.900. The fraction of sp³-hybridized carbons (Fsp3) is 0.400. The minimum atomic E-state index is -0.414. The van der Waals surface area contributed by atoms with Crippen molar-refractivity contribution in [3.05, 3.63) is 18.8 Å². The smallest absolute Gasteiger partial charge is 0.109 e. The Morgan fingerprint density at radius 1 is 1.78 bits per heavy atom. The van der Waals surface area contributed by atoms with Crippen LogP contribution < -0.4 is 0 Å². The van der Waals surface area contributed by atoms with E-state index in [-0.39, 0.29) is 6.54 Å². The molecule has 1 heterocycles. The van der Waals surface area contributed by atoms with Gasteiger partial charge in [0, 0.05) is 6.20 Å². The van der Waals surface area contributed by atoms with Gasteiger partial charge >= 0.3 is 0 Å². The van der Waals surface area contributed by atoms with Gasteiger partial charge in [-0.3, -0.25) is 0 Å². The average molecular weight is 128 g/mol. The van der Waals surface area contributed by atoms with Crippen LogP contribution in [0.15, 0.2) is 6.20 Å². The molecule has 0 unspecified atom stereocenters. The maximum absolute atomic E-state index is 11.6. The summed E-state index contributed by atoms with van der Waals surface area (Å²) < 4.78 is 13.0. The Morgan fingerprint density at radius 2 is 2.56 bits per heavy atom. The van der Waals surface area contributed by atoms with E-state index in [0.29, 0.717) is 5.69 Å². The molecular weight excluding hydrogens is 121 g/mol. The third kappa shape index (κ3) is 1.48. The first-order valence-electron chi connectivity index (χ1n) is 2.61. The van der Waals surface area contributed by atoms with E-state index in [0.717, 1.165) is 0 Å². The van der Waals surface area contributed by atoms with Crippen LogP contribution in [0.3, 0.4) is 0 Å². The summed E-state index contributed by atoms with van der Waals surface area (Å²) >= 11 is 0. The first kappa shape index (κ1) is 6.19. The summed E-state index contributed by atoms with van der Waals surface area (Å²) in [6, 6.07) is 0. The Balaban J connectivity index is 2.61. The molecule has 0 spiro atoms. The Kier molecular flexibility index (Phi) is 1.77. The van der Waals surface area contributed by atoms with Crippen LogP contribution in [0.4, 0.5) is 4.39 Å². The fourth-order valence-corrected chi connectivity index (χ4v) is 0.534. The molecule has 9 heavy (non-hydrogen) atoms. The lowest BCUT2D eigenvalue weighted by atomic mass is 10.5. The molecule has 0 bridgehead atoms. The molecule has 0 fully saturated rings. The Labute approximate surface area is 52.5 Å². The number of hydrogen-bond donors (Lipinski definition) is 0. The second-order valence-corrected chi connectivity index (χ2v) is 1.66. The van der Waals surface area contributed by atoms with Crippen LogP contribution in [-0.4, -0.2) is 21.7 Å². The van der Waals surface area contributed by atoms with Crippen LogP contribution in [0.1, 0.15) is 5.69 Å². The van der Waals surface area contributed by atoms with Gasteiger partial charge in [0.15, 0.2) is 0 Å². The molecule has 1 aromatic heterocycles. The van der Waals surface area contributed by atoms with Crippen LogP contribution in [0.5, 0.6) is 0 Å². The van der Waals surface area contributed by atoms with Gasteiger partial charge in [-0.1, -0.05) is 5.21 Å². The zero-order valence-corrected chi connectivity index (χ0v) is 4.92. The lowest BCUT2D eigenvalue weighted by Crippen LogP contribution is -1.99. The minimum Gasteiger partial charge on any atom is -0.250 e. The lowest BCUT2D eigenvalue weighted by Gasteiger charge is -1.89. The molecule has 0 N–H and O–H groups in total. The minimum absolute atomic E-state index is 0.266. The highest BCUT2D eigenvalue weighted by Crippen LogP contribution is 1.88. The first-order chi connectivity index (χ1) is 4.33. The van der Waals surface area contributed by atoms with Crippen LogP contribution in [-0.2, 0) is 6.54 Å². The third-order valence-corrected chi connectivity index (χ3v) is 0.900. The average Bonchev–Trinajstić information content (AvgIpc) is 2.17. The van der Waals surface area contributed by atoms with E-state index in [1.807, 2.05) is 0 Å². The van der Waals surface area contributed by atoms with E-state index in [9.17, 15) is 4.39 Å². The van der Waals surface area contributed by atoms with Gasteiger partial charge in [-0.15, -0.1) is 5.10 Å². The molecule has 49 valence electrons. The van der Waals surface area contributed by atoms with E-state index < -0.39 is 6.67 Å². The molecule has 0 saturated carbocycles. The van der Waals surface area contributed by atoms with Gasteiger partial charge < -0.3 is 0 Å². The summed E-state index contributed by atoms with van der Waals surface area (Å²) in [6.45, 7) is 3.36. The van der Waals surface area contributed by atoms with Crippen molar-refractivity contribution in [3.8, 4) is 0 Å². The van der Waals surface area contributed by atoms with Gasteiger partial charge in [0.05, 0.1) is 12.2 Å². The van der Waals surface area contributed by atoms with Crippen molar-refractivity contribution in [1.29, 1.82) is 0 Å². The van der Waals surface area contributed by atoms with Gasteiger partial charge in [-0.05, 0) is 6.92 Å². The van der Waals surface area contributed by atoms with Crippen LogP contribution in [0.25, 0.3) is 0 Å². The lowest BCUT2D eigenvalue weighted by molar-refractivity contribution is 0.422. The second-order valence-electron chi connectivity index (χ2n) is 1.66. The van der Waals surface area contributed by atoms with Gasteiger partial charge in [-0.25, -0.2) is 9.07 Å². The molecule has 0 atom stereocenters. The van der Waals surface area contributed by atoms with E-state index in [1.165, 1.54) is 4.68 Å². The molecule has 0 amide bonds. The van der Waals surface area contributed by atoms with Crippen molar-refractivity contribution >= 4 is 0 Å². The normalized spacial score (nSPS) is 10.0. The molecule has 3 nitrogen and oxygen atoms in total. The number of nitrogens with zero attached hydrogens (tertiary/aromatic N) is 3. The van der Waals surface area contributed by atoms with Crippen LogP contribution in [0, 0.1) is 6.92 Å². The molecule has 0 saturated heterocycles. The van der Waals surface area contributed by atoms with Crippen molar-refractivity contribution in [3.63, 3.8) is 0 Å². The monoisotopic (exact) mass is 128 g/mol. The molecule has 0 aromatic carbocycles. The summed E-state index contributed by atoms with van der Waals surface area (Å²) in [4.78, 5) is 0. The Hall–Kier alpha value is -0.930. The topological polar surface area (TPSA) is 30.7 Å². The number of halogens is 1. The summed E-state index contributed by atoms with van der Waals surface area (Å²) in [6.07, 6.45) is 1.60. The molecule has 4 heteroatoms. The first-order valence-corrected chi connectivity index (χ1v) is 2.61. The second kappa shape index (κ2) is 2.57. The summed E-state index contributed by atoms with van der Waals surface area (Å²) in [5.41, 5.74) is 0.573. The maximum Gasteiger partial charge on any atom is 0.109 e. The zero-order chi connectivity index (χ0) is 6.69. The molecule has 1 rings (SSSR count). The highest BCUT2D eigenvalue weighted by atomic mass is 19.1. The SMILES string of the molecule is [CH2]c1cn(CCF)nn1. The predicted octanol–water partition coefficient (Wildman–Crippen LogP) is 0.430. The van der Waals surface area contributed by atoms with E-state index in [2.05, 4.69) is 17.2 Å². The van der Waals surface area contributed by atoms with Crippen LogP contribution in [0.2, 0.25) is 0 Å². The predicted molar refractivity (Wildman–Crippen MR) is 30.5 cm³/mol. The number of alkyl halides is 1. The highest BCUT2D eigenvalue weighted by Gasteiger charge is 1.92. The number of hydrogen-bond acceptors (Lipinski definition) is 2. The van der Waals surface area contributed by atoms with E-state index in [4.69, 9.17) is 0 Å². The zero-order valence-electron chi connectivity index (χ0n) is 4.92. The van der Waals surface area contributed by atoms with Gasteiger partial charge in [0.1, 0.15) is 6.67 Å². The summed E-state index contributed by atoms with van der Waals surface area (Å²) in [5.74, 6) is 0. The van der Waals surface area contributed by atoms with Crippen molar-refractivity contribution in [2.45, 2.75) is 6.54 Å². The number of aryl methyl sites for hydroxylation is 1. The fourth-order valence-electron chi connectivity index (χ4n) is 0.534. The quantitative estimate of drug-likeness (QED) is 0.578. The van der Waals surface area contributed by atoms with E-state index >= 15 is 0 Å². The Bertz CT molecular complexity index is 184. The standard InChI is InChI=1S/C5H7FN3/c1-5-4-9(3-2-6)8-7-5/h4H,1-3H2. The summed E-state index contributed by atoms with van der Waals surface area (Å²) in [7, 11) is 0. The van der Waals surface area contributed by atoms with Gasteiger partial charge in [0.25, 0.3) is 0 Å². The largest absolute Gasteiger partial charge is 0.250 e. The highest BCUT2D eigenvalue weighted by molar-refractivity contribution is 4.95. The van der Waals surface area contributed by atoms with E-state index in [1.54, 1.807) is 6.20 Å². The van der Waals surface area contributed by atoms with Crippen LogP contribution >= 0.6 is 0 Å². The number of aromatic nitrogens is 3. The van der Waals surface area contributed by atoms with Crippen molar-refractivity contribution < 1.29 is 4.39 Å². The molecule has 1 radical (unpaired) electrons. The molecule has 0 aliphatic heterocycles. The Morgan fingerprint density at radius 3 is 3.00 bits per heavy atom. The maximum atomic E-state index is 11.6. The molecular formula is C5H7FN3. The molecule has 0 aliphatic carbocycles. The summed E-state index contributed by atoms with van der Waals surface area (Å²) in [5, 5.41) is 7.14. The molecule has 0 aliphatic rings. The molecule has 1 aromatic rings. The van der Waals surface area contributed by atoms with Gasteiger partial charge in [-0.2, -0.15) is 0 Å². The van der Waals surface area contributed by atoms with Gasteiger partial charge in [0.2, 0.25) is 0 Å².